The molecule has 0 saturated heterocycles. The molecule has 2 amide bonds. The number of aromatic nitrogens is 2. The Balaban J connectivity index is 1.61. The molecular weight excluding hydrogens is 463 g/mol. The smallest absolute Gasteiger partial charge is 0.416 e. The number of halogens is 3. The van der Waals surface area contributed by atoms with Gasteiger partial charge in [-0.3, -0.25) is 0 Å². The maximum Gasteiger partial charge on any atom is 0.416 e. The number of alkyl halides is 3. The summed E-state index contributed by atoms with van der Waals surface area (Å²) >= 11 is 0. The minimum absolute atomic E-state index is 0.0734. The summed E-state index contributed by atoms with van der Waals surface area (Å²) in [5.41, 5.74) is 5.70. The molecule has 0 atom stereocenters. The molecule has 0 aliphatic heterocycles. The third kappa shape index (κ3) is 5.35. The van der Waals surface area contributed by atoms with E-state index in [-0.39, 0.29) is 23.3 Å². The van der Waals surface area contributed by atoms with E-state index < -0.39 is 17.8 Å². The Kier molecular flexibility index (Phi) is 6.32. The van der Waals surface area contributed by atoms with E-state index in [0.717, 1.165) is 18.2 Å². The number of benzene rings is 3. The molecule has 0 radical (unpaired) electrons. The minimum atomic E-state index is -4.57. The van der Waals surface area contributed by atoms with Crippen molar-refractivity contribution in [2.75, 3.05) is 23.5 Å². The van der Waals surface area contributed by atoms with Crippen LogP contribution in [-0.4, -0.2) is 23.1 Å². The summed E-state index contributed by atoms with van der Waals surface area (Å²) in [4.78, 5) is 20.8. The first-order chi connectivity index (χ1) is 16.6. The number of methoxy groups -OCH3 is 1. The number of rotatable bonds is 5. The standard InChI is InChI=1S/C24H20F3N5O3/c1-13-11-21(32-22(28)29-13)35-19-10-8-17(15-5-3-4-6-16(15)19)30-23(33)31-18-12-14(24(25,26)27)7-9-20(18)34-2/h3-12H,1-2H3,(H2,28,29,32)(H2,30,31,33). The Morgan fingerprint density at radius 1 is 0.914 bits per heavy atom. The average molecular weight is 483 g/mol. The largest absolute Gasteiger partial charge is 0.495 e. The van der Waals surface area contributed by atoms with Gasteiger partial charge >= 0.3 is 12.2 Å². The van der Waals surface area contributed by atoms with E-state index in [0.29, 0.717) is 27.9 Å². The molecule has 35 heavy (non-hydrogen) atoms. The van der Waals surface area contributed by atoms with Gasteiger partial charge in [-0.2, -0.15) is 18.2 Å². The number of carbonyl (C=O) groups is 1. The Morgan fingerprint density at radius 3 is 2.29 bits per heavy atom. The van der Waals surface area contributed by atoms with Crippen LogP contribution >= 0.6 is 0 Å². The Morgan fingerprint density at radius 2 is 1.60 bits per heavy atom. The number of hydrogen-bond acceptors (Lipinski definition) is 6. The van der Waals surface area contributed by atoms with Crippen molar-refractivity contribution in [3.8, 4) is 17.4 Å². The van der Waals surface area contributed by atoms with E-state index in [4.69, 9.17) is 15.2 Å². The predicted octanol–water partition coefficient (Wildman–Crippen LogP) is 5.98. The molecule has 0 aliphatic carbocycles. The highest BCUT2D eigenvalue weighted by Gasteiger charge is 2.31. The topological polar surface area (TPSA) is 111 Å². The quantitative estimate of drug-likeness (QED) is 0.322. The summed E-state index contributed by atoms with van der Waals surface area (Å²) in [5, 5.41) is 6.38. The Labute approximate surface area is 197 Å². The summed E-state index contributed by atoms with van der Waals surface area (Å²) < 4.78 is 50.3. The Bertz CT molecular complexity index is 1390. The van der Waals surface area contributed by atoms with Gasteiger partial charge in [-0.15, -0.1) is 0 Å². The summed E-state index contributed by atoms with van der Waals surface area (Å²) in [5.74, 6) is 0.879. The van der Waals surface area contributed by atoms with E-state index in [1.54, 1.807) is 49.4 Å². The number of aryl methyl sites for hydroxylation is 1. The predicted molar refractivity (Wildman–Crippen MR) is 126 cm³/mol. The van der Waals surface area contributed by atoms with Crippen molar-refractivity contribution in [2.45, 2.75) is 13.1 Å². The van der Waals surface area contributed by atoms with Crippen molar-refractivity contribution < 1.29 is 27.4 Å². The number of nitrogen functional groups attached to an aromatic ring is 1. The number of nitrogens with one attached hydrogen (secondary N) is 2. The molecule has 180 valence electrons. The molecule has 0 fully saturated rings. The zero-order chi connectivity index (χ0) is 25.2. The molecule has 1 heterocycles. The number of ether oxygens (including phenoxy) is 2. The van der Waals surface area contributed by atoms with Crippen LogP contribution in [-0.2, 0) is 6.18 Å². The third-order valence-corrected chi connectivity index (χ3v) is 4.97. The van der Waals surface area contributed by atoms with Gasteiger partial charge in [0.1, 0.15) is 11.5 Å². The van der Waals surface area contributed by atoms with Crippen LogP contribution in [0.25, 0.3) is 10.8 Å². The molecule has 8 nitrogen and oxygen atoms in total. The van der Waals surface area contributed by atoms with Gasteiger partial charge in [0.25, 0.3) is 0 Å². The number of nitrogens with zero attached hydrogens (tertiary/aromatic N) is 2. The maximum atomic E-state index is 13.1. The molecule has 1 aromatic heterocycles. The number of carbonyl (C=O) groups excluding carboxylic acids is 1. The molecule has 0 spiro atoms. The van der Waals surface area contributed by atoms with Gasteiger partial charge in [0.05, 0.1) is 24.0 Å². The zero-order valence-corrected chi connectivity index (χ0v) is 18.6. The molecule has 0 saturated carbocycles. The molecule has 0 bridgehead atoms. The number of hydrogen-bond donors (Lipinski definition) is 3. The lowest BCUT2D eigenvalue weighted by Crippen LogP contribution is -2.20. The van der Waals surface area contributed by atoms with Crippen LogP contribution in [0.1, 0.15) is 11.3 Å². The molecule has 3 aromatic carbocycles. The molecular formula is C24H20F3N5O3. The SMILES string of the molecule is COc1ccc(C(F)(F)F)cc1NC(=O)Nc1ccc(Oc2cc(C)nc(N)n2)c2ccccc12. The van der Waals surface area contributed by atoms with Gasteiger partial charge in [-0.05, 0) is 37.3 Å². The fourth-order valence-electron chi connectivity index (χ4n) is 3.45. The van der Waals surface area contributed by atoms with Gasteiger partial charge in [-0.25, -0.2) is 9.78 Å². The number of fused-ring (bicyclic) bond motifs is 1. The van der Waals surface area contributed by atoms with Crippen molar-refractivity contribution in [1.82, 2.24) is 9.97 Å². The molecule has 4 aromatic rings. The first-order valence-electron chi connectivity index (χ1n) is 10.3. The second-order valence-electron chi connectivity index (χ2n) is 7.46. The zero-order valence-electron chi connectivity index (χ0n) is 18.6. The first kappa shape index (κ1) is 23.6. The van der Waals surface area contributed by atoms with E-state index in [1.807, 2.05) is 0 Å². The number of amides is 2. The van der Waals surface area contributed by atoms with Crippen molar-refractivity contribution in [2.24, 2.45) is 0 Å². The van der Waals surface area contributed by atoms with Gasteiger partial charge in [0.2, 0.25) is 11.8 Å². The lowest BCUT2D eigenvalue weighted by Gasteiger charge is -2.16. The molecule has 0 unspecified atom stereocenters. The van der Waals surface area contributed by atoms with Gasteiger partial charge in [-0.1, -0.05) is 24.3 Å². The normalized spacial score (nSPS) is 11.2. The van der Waals surface area contributed by atoms with Gasteiger partial charge < -0.3 is 25.8 Å². The molecule has 11 heteroatoms. The Hall–Kier alpha value is -4.54. The monoisotopic (exact) mass is 483 g/mol. The van der Waals surface area contributed by atoms with Crippen molar-refractivity contribution >= 4 is 34.1 Å². The van der Waals surface area contributed by atoms with Crippen molar-refractivity contribution in [1.29, 1.82) is 0 Å². The van der Waals surface area contributed by atoms with Crippen LogP contribution in [0.5, 0.6) is 17.4 Å². The lowest BCUT2D eigenvalue weighted by molar-refractivity contribution is -0.137. The van der Waals surface area contributed by atoms with E-state index in [2.05, 4.69) is 20.6 Å². The van der Waals surface area contributed by atoms with Crippen molar-refractivity contribution in [3.05, 3.63) is 71.9 Å². The highest BCUT2D eigenvalue weighted by molar-refractivity contribution is 6.08. The van der Waals surface area contributed by atoms with Crippen LogP contribution in [0.4, 0.5) is 35.3 Å². The number of urea groups is 1. The highest BCUT2D eigenvalue weighted by Crippen LogP contribution is 2.36. The lowest BCUT2D eigenvalue weighted by atomic mass is 10.1. The van der Waals surface area contributed by atoms with Crippen LogP contribution < -0.4 is 25.8 Å². The summed E-state index contributed by atoms with van der Waals surface area (Å²) in [7, 11) is 1.30. The minimum Gasteiger partial charge on any atom is -0.495 e. The van der Waals surface area contributed by atoms with Gasteiger partial charge in [0, 0.05) is 22.5 Å². The highest BCUT2D eigenvalue weighted by atomic mass is 19.4. The maximum absolute atomic E-state index is 13.1. The molecule has 4 rings (SSSR count). The second kappa shape index (κ2) is 9.37. The average Bonchev–Trinajstić information content (AvgIpc) is 2.79. The van der Waals surface area contributed by atoms with Crippen LogP contribution in [0.2, 0.25) is 0 Å². The van der Waals surface area contributed by atoms with Crippen LogP contribution in [0.3, 0.4) is 0 Å². The fraction of sp³-hybridized carbons (Fsp3) is 0.125. The van der Waals surface area contributed by atoms with Crippen LogP contribution in [0.15, 0.2) is 60.7 Å². The first-order valence-corrected chi connectivity index (χ1v) is 10.3. The molecule has 0 aliphatic rings. The van der Waals surface area contributed by atoms with E-state index in [1.165, 1.54) is 7.11 Å². The number of nitrogens with two attached hydrogens (primary N) is 1. The summed E-state index contributed by atoms with van der Waals surface area (Å²) in [6, 6.07) is 14.1. The van der Waals surface area contributed by atoms with Gasteiger partial charge in [0.15, 0.2) is 0 Å². The van der Waals surface area contributed by atoms with E-state index >= 15 is 0 Å². The van der Waals surface area contributed by atoms with Crippen LogP contribution in [0, 0.1) is 6.92 Å². The molecule has 4 N–H and O–H groups in total. The van der Waals surface area contributed by atoms with Crippen molar-refractivity contribution in [3.63, 3.8) is 0 Å². The summed E-state index contributed by atoms with van der Waals surface area (Å²) in [6.45, 7) is 1.76. The third-order valence-electron chi connectivity index (χ3n) is 4.97. The second-order valence-corrected chi connectivity index (χ2v) is 7.46. The van der Waals surface area contributed by atoms with E-state index in [9.17, 15) is 18.0 Å². The fourth-order valence-corrected chi connectivity index (χ4v) is 3.45. The number of anilines is 3. The summed E-state index contributed by atoms with van der Waals surface area (Å²) in [6.07, 6.45) is -4.57.